The maximum Gasteiger partial charge on any atom is 0.239 e. The molecule has 0 saturated carbocycles. The number of anilines is 2. The van der Waals surface area contributed by atoms with Gasteiger partial charge in [-0.25, -0.2) is 0 Å². The van der Waals surface area contributed by atoms with Crippen LogP contribution in [-0.2, 0) is 25.6 Å². The molecule has 154 valence electrons. The minimum atomic E-state index is -0.742. The molecule has 30 heavy (non-hydrogen) atoms. The highest BCUT2D eigenvalue weighted by molar-refractivity contribution is 6.30. The summed E-state index contributed by atoms with van der Waals surface area (Å²) in [5.41, 5.74) is 2.20. The Bertz CT molecular complexity index is 1000. The third-order valence-electron chi connectivity index (χ3n) is 5.43. The predicted octanol–water partition coefficient (Wildman–Crippen LogP) is 2.54. The fourth-order valence-corrected chi connectivity index (χ4v) is 3.94. The lowest BCUT2D eigenvalue weighted by molar-refractivity contribution is -0.129. The van der Waals surface area contributed by atoms with Crippen LogP contribution in [0.25, 0.3) is 0 Å². The summed E-state index contributed by atoms with van der Waals surface area (Å²) in [6.07, 6.45) is 1.10. The topological polar surface area (TPSA) is 95.6 Å². The second-order valence-corrected chi connectivity index (χ2v) is 7.95. The first-order valence-corrected chi connectivity index (χ1v) is 10.1. The summed E-state index contributed by atoms with van der Waals surface area (Å²) >= 11 is 5.89. The lowest BCUT2D eigenvalue weighted by Gasteiger charge is -2.17. The molecule has 0 bridgehead atoms. The van der Waals surface area contributed by atoms with E-state index in [9.17, 15) is 19.2 Å². The zero-order chi connectivity index (χ0) is 21.3. The average molecular weight is 426 g/mol. The van der Waals surface area contributed by atoms with E-state index in [2.05, 4.69) is 10.6 Å². The SMILES string of the molecule is O=C1C[C@@H](Cc2ccc(NC(=O)[C@H]3CCN(c4ccc(Cl)cc4)C3=O)cc2)C(=O)N1. The van der Waals surface area contributed by atoms with Gasteiger partial charge in [-0.3, -0.25) is 24.5 Å². The van der Waals surface area contributed by atoms with Gasteiger partial charge in [-0.2, -0.15) is 0 Å². The van der Waals surface area contributed by atoms with Gasteiger partial charge in [0.15, 0.2) is 0 Å². The van der Waals surface area contributed by atoms with Crippen molar-refractivity contribution in [1.29, 1.82) is 0 Å². The Hall–Kier alpha value is -3.19. The first kappa shape index (κ1) is 20.1. The van der Waals surface area contributed by atoms with Crippen molar-refractivity contribution < 1.29 is 19.2 Å². The molecular weight excluding hydrogens is 406 g/mol. The van der Waals surface area contributed by atoms with Crippen LogP contribution in [0.5, 0.6) is 0 Å². The number of amides is 4. The van der Waals surface area contributed by atoms with Crippen molar-refractivity contribution in [3.8, 4) is 0 Å². The molecule has 0 aliphatic carbocycles. The van der Waals surface area contributed by atoms with E-state index in [4.69, 9.17) is 11.6 Å². The van der Waals surface area contributed by atoms with Crippen LogP contribution in [0.1, 0.15) is 18.4 Å². The van der Waals surface area contributed by atoms with E-state index in [0.717, 1.165) is 11.3 Å². The minimum absolute atomic E-state index is 0.200. The molecule has 2 heterocycles. The zero-order valence-electron chi connectivity index (χ0n) is 16.1. The van der Waals surface area contributed by atoms with Crippen molar-refractivity contribution in [2.75, 3.05) is 16.8 Å². The maximum atomic E-state index is 12.7. The Labute approximate surface area is 178 Å². The van der Waals surface area contributed by atoms with E-state index < -0.39 is 5.92 Å². The van der Waals surface area contributed by atoms with Gasteiger partial charge in [-0.05, 0) is 54.8 Å². The number of hydrogen-bond donors (Lipinski definition) is 2. The van der Waals surface area contributed by atoms with E-state index in [1.807, 2.05) is 12.1 Å². The molecular formula is C22H20ClN3O4. The van der Waals surface area contributed by atoms with Gasteiger partial charge in [0, 0.05) is 29.4 Å². The largest absolute Gasteiger partial charge is 0.325 e. The molecule has 2 aromatic carbocycles. The fourth-order valence-electron chi connectivity index (χ4n) is 3.81. The lowest BCUT2D eigenvalue weighted by Crippen LogP contribution is -2.33. The van der Waals surface area contributed by atoms with Gasteiger partial charge in [-0.15, -0.1) is 0 Å². The van der Waals surface area contributed by atoms with Crippen LogP contribution in [-0.4, -0.2) is 30.2 Å². The molecule has 0 spiro atoms. The normalized spacial score (nSPS) is 21.1. The highest BCUT2D eigenvalue weighted by atomic mass is 35.5. The molecule has 0 unspecified atom stereocenters. The number of halogens is 1. The van der Waals surface area contributed by atoms with E-state index in [1.54, 1.807) is 41.3 Å². The Morgan fingerprint density at radius 3 is 2.40 bits per heavy atom. The predicted molar refractivity (Wildman–Crippen MR) is 112 cm³/mol. The molecule has 7 nitrogen and oxygen atoms in total. The quantitative estimate of drug-likeness (QED) is 0.568. The first-order chi connectivity index (χ1) is 14.4. The minimum Gasteiger partial charge on any atom is -0.325 e. The number of nitrogens with zero attached hydrogens (tertiary/aromatic N) is 1. The molecule has 2 saturated heterocycles. The van der Waals surface area contributed by atoms with E-state index in [1.165, 1.54) is 0 Å². The van der Waals surface area contributed by atoms with Gasteiger partial charge in [0.05, 0.1) is 5.92 Å². The van der Waals surface area contributed by atoms with Gasteiger partial charge < -0.3 is 10.2 Å². The van der Waals surface area contributed by atoms with Crippen LogP contribution in [0.4, 0.5) is 11.4 Å². The number of carbonyl (C=O) groups is 4. The van der Waals surface area contributed by atoms with Crippen LogP contribution in [0, 0.1) is 11.8 Å². The molecule has 2 N–H and O–H groups in total. The third-order valence-corrected chi connectivity index (χ3v) is 5.68. The summed E-state index contributed by atoms with van der Waals surface area (Å²) in [4.78, 5) is 49.9. The van der Waals surface area contributed by atoms with E-state index >= 15 is 0 Å². The maximum absolute atomic E-state index is 12.7. The molecule has 2 atom stereocenters. The van der Waals surface area contributed by atoms with Crippen molar-refractivity contribution >= 4 is 46.6 Å². The van der Waals surface area contributed by atoms with Crippen molar-refractivity contribution in [2.45, 2.75) is 19.3 Å². The molecule has 0 radical (unpaired) electrons. The summed E-state index contributed by atoms with van der Waals surface area (Å²) < 4.78 is 0. The zero-order valence-corrected chi connectivity index (χ0v) is 16.8. The molecule has 2 fully saturated rings. The molecule has 2 aromatic rings. The number of nitrogens with one attached hydrogen (secondary N) is 2. The van der Waals surface area contributed by atoms with Crippen LogP contribution in [0.15, 0.2) is 48.5 Å². The smallest absolute Gasteiger partial charge is 0.239 e. The molecule has 2 aliphatic heterocycles. The molecule has 2 aliphatic rings. The van der Waals surface area contributed by atoms with E-state index in [0.29, 0.717) is 30.1 Å². The second kappa shape index (κ2) is 8.28. The van der Waals surface area contributed by atoms with Crippen LogP contribution in [0.3, 0.4) is 0 Å². The molecule has 8 heteroatoms. The van der Waals surface area contributed by atoms with Gasteiger partial charge in [0.2, 0.25) is 23.6 Å². The number of hydrogen-bond acceptors (Lipinski definition) is 4. The molecule has 4 amide bonds. The average Bonchev–Trinajstić information content (AvgIpc) is 3.25. The van der Waals surface area contributed by atoms with Crippen molar-refractivity contribution in [3.63, 3.8) is 0 Å². The number of carbonyl (C=O) groups excluding carboxylic acids is 4. The van der Waals surface area contributed by atoms with Crippen molar-refractivity contribution in [3.05, 3.63) is 59.1 Å². The fraction of sp³-hybridized carbons (Fsp3) is 0.273. The Balaban J connectivity index is 1.36. The van der Waals surface area contributed by atoms with Crippen LogP contribution >= 0.6 is 11.6 Å². The Morgan fingerprint density at radius 1 is 1.07 bits per heavy atom. The monoisotopic (exact) mass is 425 g/mol. The number of rotatable bonds is 5. The van der Waals surface area contributed by atoms with Gasteiger partial charge in [-0.1, -0.05) is 23.7 Å². The number of imide groups is 1. The molecule has 4 rings (SSSR count). The lowest BCUT2D eigenvalue weighted by atomic mass is 9.98. The number of benzene rings is 2. The Morgan fingerprint density at radius 2 is 1.77 bits per heavy atom. The summed E-state index contributed by atoms with van der Waals surface area (Å²) in [6.45, 7) is 0.472. The van der Waals surface area contributed by atoms with Gasteiger partial charge in [0.25, 0.3) is 0 Å². The van der Waals surface area contributed by atoms with Crippen LogP contribution in [0.2, 0.25) is 5.02 Å². The standard InChI is InChI=1S/C22H20ClN3O4/c23-15-3-7-17(8-4-15)26-10-9-18(22(26)30)21(29)24-16-5-1-13(2-6-16)11-14-12-19(27)25-20(14)28/h1-8,14,18H,9-12H2,(H,24,29)(H,25,27,28)/t14-,18-/m1/s1. The van der Waals surface area contributed by atoms with E-state index in [-0.39, 0.29) is 36.0 Å². The van der Waals surface area contributed by atoms with Crippen molar-refractivity contribution in [2.24, 2.45) is 11.8 Å². The highest BCUT2D eigenvalue weighted by Gasteiger charge is 2.37. The highest BCUT2D eigenvalue weighted by Crippen LogP contribution is 2.27. The summed E-state index contributed by atoms with van der Waals surface area (Å²) in [7, 11) is 0. The summed E-state index contributed by atoms with van der Waals surface area (Å²) in [5.74, 6) is -2.17. The van der Waals surface area contributed by atoms with Gasteiger partial charge in [0.1, 0.15) is 5.92 Å². The second-order valence-electron chi connectivity index (χ2n) is 7.51. The summed E-state index contributed by atoms with van der Waals surface area (Å²) in [6, 6.07) is 14.0. The Kier molecular flexibility index (Phi) is 5.55. The van der Waals surface area contributed by atoms with Crippen molar-refractivity contribution in [1.82, 2.24) is 5.32 Å². The third kappa shape index (κ3) is 4.21. The summed E-state index contributed by atoms with van der Waals surface area (Å²) in [5, 5.41) is 5.68. The van der Waals surface area contributed by atoms with Gasteiger partial charge >= 0.3 is 0 Å². The van der Waals surface area contributed by atoms with Crippen LogP contribution < -0.4 is 15.5 Å². The molecule has 0 aromatic heterocycles. The first-order valence-electron chi connectivity index (χ1n) is 9.71.